The Morgan fingerprint density at radius 2 is 1.75 bits per heavy atom. The quantitative estimate of drug-likeness (QED) is 0.861. The van der Waals surface area contributed by atoms with Gasteiger partial charge in [-0.15, -0.1) is 0 Å². The third-order valence-corrected chi connectivity index (χ3v) is 5.42. The first kappa shape index (κ1) is 20.1. The Hall–Kier alpha value is -2.69. The highest BCUT2D eigenvalue weighted by atomic mass is 16.2. The Kier molecular flexibility index (Phi) is 6.45. The van der Waals surface area contributed by atoms with Crippen LogP contribution in [-0.4, -0.2) is 34.8 Å². The van der Waals surface area contributed by atoms with Crippen molar-refractivity contribution in [3.05, 3.63) is 64.5 Å². The highest BCUT2D eigenvalue weighted by Gasteiger charge is 2.27. The number of nitrogens with zero attached hydrogens (tertiary/aromatic N) is 2. The van der Waals surface area contributed by atoms with Gasteiger partial charge in [-0.25, -0.2) is 0 Å². The van der Waals surface area contributed by atoms with Crippen LogP contribution in [0.5, 0.6) is 0 Å². The van der Waals surface area contributed by atoms with E-state index >= 15 is 0 Å². The monoisotopic (exact) mass is 379 g/mol. The van der Waals surface area contributed by atoms with Crippen LogP contribution in [0.4, 0.5) is 0 Å². The molecule has 1 fully saturated rings. The maximum absolute atomic E-state index is 12.9. The minimum absolute atomic E-state index is 0.0878. The van der Waals surface area contributed by atoms with Crippen LogP contribution < -0.4 is 5.32 Å². The van der Waals surface area contributed by atoms with Gasteiger partial charge in [-0.05, 0) is 44.4 Å². The van der Waals surface area contributed by atoms with Gasteiger partial charge in [0.15, 0.2) is 0 Å². The maximum atomic E-state index is 12.9. The minimum Gasteiger partial charge on any atom is -0.348 e. The fourth-order valence-corrected chi connectivity index (χ4v) is 3.69. The van der Waals surface area contributed by atoms with Crippen LogP contribution in [0.2, 0.25) is 0 Å². The number of hydrogen-bond donors (Lipinski definition) is 1. The number of aryl methyl sites for hydroxylation is 2. The second-order valence-corrected chi connectivity index (χ2v) is 7.56. The summed E-state index contributed by atoms with van der Waals surface area (Å²) in [5, 5.41) is 3.03. The van der Waals surface area contributed by atoms with Crippen molar-refractivity contribution >= 4 is 11.8 Å². The van der Waals surface area contributed by atoms with Crippen molar-refractivity contribution < 1.29 is 9.59 Å². The molecule has 28 heavy (non-hydrogen) atoms. The average molecular weight is 380 g/mol. The summed E-state index contributed by atoms with van der Waals surface area (Å²) in [5.41, 5.74) is 4.71. The molecule has 2 aromatic rings. The number of pyridine rings is 1. The Balaban J connectivity index is 1.71. The van der Waals surface area contributed by atoms with Crippen LogP contribution in [0.1, 0.15) is 65.0 Å². The van der Waals surface area contributed by atoms with Gasteiger partial charge in [0, 0.05) is 37.7 Å². The number of rotatable bonds is 5. The number of amides is 2. The van der Waals surface area contributed by atoms with Gasteiger partial charge in [-0.3, -0.25) is 14.6 Å². The molecule has 0 saturated carbocycles. The molecule has 148 valence electrons. The average Bonchev–Trinajstić information content (AvgIpc) is 2.72. The molecule has 5 nitrogen and oxygen atoms in total. The molecule has 1 aromatic heterocycles. The molecule has 5 heteroatoms. The first-order valence-electron chi connectivity index (χ1n) is 10.1. The van der Waals surface area contributed by atoms with E-state index in [4.69, 9.17) is 4.98 Å². The summed E-state index contributed by atoms with van der Waals surface area (Å²) in [6, 6.07) is 11.9. The van der Waals surface area contributed by atoms with Gasteiger partial charge in [0.25, 0.3) is 5.91 Å². The molecular formula is C23H29N3O2. The third kappa shape index (κ3) is 4.77. The Labute approximate surface area is 167 Å². The van der Waals surface area contributed by atoms with Crippen LogP contribution in [0, 0.1) is 13.8 Å². The summed E-state index contributed by atoms with van der Waals surface area (Å²) in [6.07, 6.45) is 2.24. The topological polar surface area (TPSA) is 62.3 Å². The highest BCUT2D eigenvalue weighted by Crippen LogP contribution is 2.29. The largest absolute Gasteiger partial charge is 0.348 e. The number of hydrogen-bond acceptors (Lipinski definition) is 3. The van der Waals surface area contributed by atoms with Crippen molar-refractivity contribution in [2.75, 3.05) is 13.1 Å². The predicted octanol–water partition coefficient (Wildman–Crippen LogP) is 3.74. The lowest BCUT2D eigenvalue weighted by molar-refractivity contribution is -0.131. The summed E-state index contributed by atoms with van der Waals surface area (Å²) >= 11 is 0. The normalized spacial score (nSPS) is 14.8. The van der Waals surface area contributed by atoms with E-state index in [1.807, 2.05) is 62.1 Å². The lowest BCUT2D eigenvalue weighted by atomic mass is 9.89. The Morgan fingerprint density at radius 3 is 2.39 bits per heavy atom. The van der Waals surface area contributed by atoms with Crippen LogP contribution in [0.25, 0.3) is 0 Å². The molecule has 2 amide bonds. The second kappa shape index (κ2) is 9.00. The third-order valence-electron chi connectivity index (χ3n) is 5.42. The molecule has 1 aliphatic rings. The first-order valence-corrected chi connectivity index (χ1v) is 10.1. The summed E-state index contributed by atoms with van der Waals surface area (Å²) in [5.74, 6) is 0.322. The lowest BCUT2D eigenvalue weighted by Crippen LogP contribution is -2.38. The molecule has 1 aliphatic heterocycles. The second-order valence-electron chi connectivity index (χ2n) is 7.56. The fourth-order valence-electron chi connectivity index (χ4n) is 3.69. The molecule has 0 unspecified atom stereocenters. The smallest absolute Gasteiger partial charge is 0.253 e. The molecular weight excluding hydrogens is 350 g/mol. The number of carbonyl (C=O) groups is 2. The first-order chi connectivity index (χ1) is 13.5. The zero-order valence-electron chi connectivity index (χ0n) is 17.0. The Morgan fingerprint density at radius 1 is 1.07 bits per heavy atom. The van der Waals surface area contributed by atoms with Crippen molar-refractivity contribution in [2.24, 2.45) is 0 Å². The van der Waals surface area contributed by atoms with Crippen LogP contribution in [0.15, 0.2) is 36.4 Å². The molecule has 0 bridgehead atoms. The zero-order valence-corrected chi connectivity index (χ0v) is 17.0. The van der Waals surface area contributed by atoms with E-state index in [0.717, 1.165) is 42.9 Å². The van der Waals surface area contributed by atoms with Crippen LogP contribution in [-0.2, 0) is 11.3 Å². The number of likely N-dealkylation sites (tertiary alicyclic amines) is 1. The zero-order chi connectivity index (χ0) is 20.1. The molecule has 1 N–H and O–H groups in total. The lowest BCUT2D eigenvalue weighted by Gasteiger charge is -2.32. The summed E-state index contributed by atoms with van der Waals surface area (Å²) in [4.78, 5) is 31.4. The van der Waals surface area contributed by atoms with E-state index in [-0.39, 0.29) is 17.7 Å². The van der Waals surface area contributed by atoms with E-state index in [0.29, 0.717) is 18.5 Å². The van der Waals surface area contributed by atoms with Gasteiger partial charge in [0.1, 0.15) is 0 Å². The summed E-state index contributed by atoms with van der Waals surface area (Å²) in [6.45, 7) is 7.86. The van der Waals surface area contributed by atoms with Crippen molar-refractivity contribution in [2.45, 2.75) is 52.5 Å². The Bertz CT molecular complexity index is 837. The SMILES string of the molecule is CCC(=O)N1CCC(c2nc(C)ccc2C(=O)NCc2ccc(C)cc2)CC1. The summed E-state index contributed by atoms with van der Waals surface area (Å²) in [7, 11) is 0. The molecule has 1 aromatic carbocycles. The highest BCUT2D eigenvalue weighted by molar-refractivity contribution is 5.95. The van der Waals surface area contributed by atoms with Gasteiger partial charge in [-0.1, -0.05) is 36.8 Å². The van der Waals surface area contributed by atoms with Crippen molar-refractivity contribution in [1.82, 2.24) is 15.2 Å². The van der Waals surface area contributed by atoms with Gasteiger partial charge < -0.3 is 10.2 Å². The molecule has 2 heterocycles. The van der Waals surface area contributed by atoms with E-state index in [1.54, 1.807) is 0 Å². The summed E-state index contributed by atoms with van der Waals surface area (Å²) < 4.78 is 0. The van der Waals surface area contributed by atoms with Crippen LogP contribution >= 0.6 is 0 Å². The minimum atomic E-state index is -0.0878. The van der Waals surface area contributed by atoms with Gasteiger partial charge >= 0.3 is 0 Å². The fraction of sp³-hybridized carbons (Fsp3) is 0.435. The van der Waals surface area contributed by atoms with Gasteiger partial charge in [0.2, 0.25) is 5.91 Å². The van der Waals surface area contributed by atoms with Gasteiger partial charge in [-0.2, -0.15) is 0 Å². The standard InChI is InChI=1S/C23H29N3O2/c1-4-21(27)26-13-11-19(12-14-26)22-20(10-7-17(3)25-22)23(28)24-15-18-8-5-16(2)6-9-18/h5-10,19H,4,11-15H2,1-3H3,(H,24,28). The van der Waals surface area contributed by atoms with Crippen molar-refractivity contribution in [3.8, 4) is 0 Å². The number of nitrogens with one attached hydrogen (secondary N) is 1. The predicted molar refractivity (Wildman–Crippen MR) is 110 cm³/mol. The van der Waals surface area contributed by atoms with Gasteiger partial charge in [0.05, 0.1) is 11.3 Å². The van der Waals surface area contributed by atoms with E-state index in [1.165, 1.54) is 5.56 Å². The van der Waals surface area contributed by atoms with Crippen LogP contribution in [0.3, 0.4) is 0 Å². The molecule has 3 rings (SSSR count). The number of aromatic nitrogens is 1. The van der Waals surface area contributed by atoms with E-state index in [2.05, 4.69) is 5.32 Å². The molecule has 1 saturated heterocycles. The number of piperidine rings is 1. The number of benzene rings is 1. The molecule has 0 atom stereocenters. The van der Waals surface area contributed by atoms with E-state index < -0.39 is 0 Å². The molecule has 0 spiro atoms. The molecule has 0 radical (unpaired) electrons. The number of carbonyl (C=O) groups excluding carboxylic acids is 2. The molecule has 0 aliphatic carbocycles. The van der Waals surface area contributed by atoms with Crippen molar-refractivity contribution in [3.63, 3.8) is 0 Å². The van der Waals surface area contributed by atoms with Crippen molar-refractivity contribution in [1.29, 1.82) is 0 Å². The van der Waals surface area contributed by atoms with E-state index in [9.17, 15) is 9.59 Å². The maximum Gasteiger partial charge on any atom is 0.253 e.